The molecule has 0 aromatic heterocycles. The van der Waals surface area contributed by atoms with Crippen LogP contribution in [-0.2, 0) is 0 Å². The maximum Gasteiger partial charge on any atom is 0.00670 e. The average Bonchev–Trinajstić information content (AvgIpc) is 2.88. The normalized spacial score (nSPS) is 37.9. The zero-order valence-corrected chi connectivity index (χ0v) is 15.5. The van der Waals surface area contributed by atoms with Gasteiger partial charge in [-0.3, -0.25) is 0 Å². The van der Waals surface area contributed by atoms with Gasteiger partial charge in [0, 0.05) is 32.2 Å². The van der Waals surface area contributed by atoms with E-state index < -0.39 is 0 Å². The molecule has 3 saturated heterocycles. The highest BCUT2D eigenvalue weighted by Gasteiger charge is 2.33. The van der Waals surface area contributed by atoms with Crippen molar-refractivity contribution in [1.29, 1.82) is 0 Å². The standard InChI is InChI=1S/C18H35N3.ClH/c1-16-6-3-4-11-21(16)13-17-7-5-10-20(12-17)15-18(2)8-9-19-14-18;/h16-17,19H,3-15H2,1-2H3;1H. The van der Waals surface area contributed by atoms with Crippen molar-refractivity contribution < 1.29 is 0 Å². The Hall–Kier alpha value is 0.170. The van der Waals surface area contributed by atoms with Crippen LogP contribution >= 0.6 is 12.4 Å². The van der Waals surface area contributed by atoms with Gasteiger partial charge in [-0.25, -0.2) is 0 Å². The number of nitrogens with zero attached hydrogens (tertiary/aromatic N) is 2. The van der Waals surface area contributed by atoms with E-state index in [1.165, 1.54) is 84.3 Å². The summed E-state index contributed by atoms with van der Waals surface area (Å²) in [6, 6.07) is 0.825. The molecule has 0 aromatic rings. The molecule has 0 aliphatic carbocycles. The molecule has 3 heterocycles. The highest BCUT2D eigenvalue weighted by atomic mass is 35.5. The number of hydrogen-bond donors (Lipinski definition) is 1. The van der Waals surface area contributed by atoms with Gasteiger partial charge >= 0.3 is 0 Å². The van der Waals surface area contributed by atoms with Crippen molar-refractivity contribution in [2.75, 3.05) is 45.8 Å². The first-order chi connectivity index (χ1) is 10.1. The first-order valence-corrected chi connectivity index (χ1v) is 9.32. The molecular weight excluding hydrogens is 294 g/mol. The maximum absolute atomic E-state index is 3.55. The topological polar surface area (TPSA) is 18.5 Å². The lowest BCUT2D eigenvalue weighted by atomic mass is 9.87. The van der Waals surface area contributed by atoms with Crippen LogP contribution in [0.3, 0.4) is 0 Å². The fourth-order valence-electron chi connectivity index (χ4n) is 4.75. The number of nitrogens with one attached hydrogen (secondary N) is 1. The lowest BCUT2D eigenvalue weighted by Crippen LogP contribution is -2.47. The van der Waals surface area contributed by atoms with Crippen molar-refractivity contribution in [2.24, 2.45) is 11.3 Å². The van der Waals surface area contributed by atoms with Crippen LogP contribution in [0.1, 0.15) is 52.4 Å². The molecule has 1 N–H and O–H groups in total. The molecule has 3 aliphatic rings. The molecule has 3 fully saturated rings. The highest BCUT2D eigenvalue weighted by Crippen LogP contribution is 2.29. The summed E-state index contributed by atoms with van der Waals surface area (Å²) in [5.41, 5.74) is 0.528. The Balaban J connectivity index is 0.00000176. The van der Waals surface area contributed by atoms with Crippen LogP contribution in [0, 0.1) is 11.3 Å². The van der Waals surface area contributed by atoms with E-state index in [0.29, 0.717) is 5.41 Å². The molecule has 130 valence electrons. The third-order valence-electron chi connectivity index (χ3n) is 6.10. The number of rotatable bonds is 4. The van der Waals surface area contributed by atoms with Crippen molar-refractivity contribution in [2.45, 2.75) is 58.4 Å². The van der Waals surface area contributed by atoms with Gasteiger partial charge in [-0.05, 0) is 70.0 Å². The third kappa shape index (κ3) is 4.83. The van der Waals surface area contributed by atoms with Gasteiger partial charge < -0.3 is 15.1 Å². The minimum atomic E-state index is 0. The Kier molecular flexibility index (Phi) is 7.00. The van der Waals surface area contributed by atoms with E-state index in [1.54, 1.807) is 0 Å². The summed E-state index contributed by atoms with van der Waals surface area (Å²) in [4.78, 5) is 5.55. The van der Waals surface area contributed by atoms with E-state index in [2.05, 4.69) is 29.0 Å². The van der Waals surface area contributed by atoms with E-state index in [1.807, 2.05) is 0 Å². The molecule has 4 heteroatoms. The molecule has 3 aliphatic heterocycles. The summed E-state index contributed by atoms with van der Waals surface area (Å²) >= 11 is 0. The van der Waals surface area contributed by atoms with Crippen molar-refractivity contribution in [3.8, 4) is 0 Å². The van der Waals surface area contributed by atoms with Gasteiger partial charge in [0.2, 0.25) is 0 Å². The van der Waals surface area contributed by atoms with Gasteiger partial charge in [-0.1, -0.05) is 13.3 Å². The van der Waals surface area contributed by atoms with E-state index in [9.17, 15) is 0 Å². The minimum Gasteiger partial charge on any atom is -0.316 e. The second-order valence-electron chi connectivity index (χ2n) is 8.32. The largest absolute Gasteiger partial charge is 0.316 e. The summed E-state index contributed by atoms with van der Waals surface area (Å²) in [6.45, 7) is 14.0. The smallest absolute Gasteiger partial charge is 0.00670 e. The molecule has 0 spiro atoms. The van der Waals surface area contributed by atoms with Crippen LogP contribution in [0.15, 0.2) is 0 Å². The second-order valence-corrected chi connectivity index (χ2v) is 8.32. The van der Waals surface area contributed by atoms with Crippen LogP contribution in [0.5, 0.6) is 0 Å². The monoisotopic (exact) mass is 329 g/mol. The summed E-state index contributed by atoms with van der Waals surface area (Å²) in [7, 11) is 0. The number of piperidine rings is 2. The molecule has 22 heavy (non-hydrogen) atoms. The molecule has 3 rings (SSSR count). The van der Waals surface area contributed by atoms with Crippen molar-refractivity contribution >= 4 is 12.4 Å². The second kappa shape index (κ2) is 8.32. The summed E-state index contributed by atoms with van der Waals surface area (Å²) in [5.74, 6) is 0.914. The molecule has 0 amide bonds. The first kappa shape index (κ1) is 18.5. The van der Waals surface area contributed by atoms with Gasteiger partial charge in [0.1, 0.15) is 0 Å². The van der Waals surface area contributed by atoms with E-state index in [0.717, 1.165) is 12.0 Å². The van der Waals surface area contributed by atoms with E-state index >= 15 is 0 Å². The van der Waals surface area contributed by atoms with Gasteiger partial charge in [0.25, 0.3) is 0 Å². The Bertz CT molecular complexity index is 330. The lowest BCUT2D eigenvalue weighted by Gasteiger charge is -2.41. The Morgan fingerprint density at radius 1 is 1.14 bits per heavy atom. The van der Waals surface area contributed by atoms with Crippen molar-refractivity contribution in [1.82, 2.24) is 15.1 Å². The first-order valence-electron chi connectivity index (χ1n) is 9.32. The zero-order valence-electron chi connectivity index (χ0n) is 14.6. The number of hydrogen-bond acceptors (Lipinski definition) is 3. The molecule has 0 radical (unpaired) electrons. The Morgan fingerprint density at radius 2 is 2.00 bits per heavy atom. The van der Waals surface area contributed by atoms with E-state index in [-0.39, 0.29) is 12.4 Å². The van der Waals surface area contributed by atoms with Gasteiger partial charge in [0.05, 0.1) is 0 Å². The number of likely N-dealkylation sites (tertiary alicyclic amines) is 2. The number of halogens is 1. The van der Waals surface area contributed by atoms with Crippen LogP contribution in [0.2, 0.25) is 0 Å². The predicted molar refractivity (Wildman–Crippen MR) is 96.9 cm³/mol. The fraction of sp³-hybridized carbons (Fsp3) is 1.00. The quantitative estimate of drug-likeness (QED) is 0.855. The van der Waals surface area contributed by atoms with Crippen LogP contribution in [0.25, 0.3) is 0 Å². The average molecular weight is 330 g/mol. The molecule has 0 bridgehead atoms. The summed E-state index contributed by atoms with van der Waals surface area (Å²) < 4.78 is 0. The molecule has 0 aromatic carbocycles. The lowest BCUT2D eigenvalue weighted by molar-refractivity contribution is 0.0761. The molecule has 3 nitrogen and oxygen atoms in total. The van der Waals surface area contributed by atoms with E-state index in [4.69, 9.17) is 0 Å². The highest BCUT2D eigenvalue weighted by molar-refractivity contribution is 5.85. The van der Waals surface area contributed by atoms with Gasteiger partial charge in [-0.2, -0.15) is 0 Å². The van der Waals surface area contributed by atoms with Gasteiger partial charge in [-0.15, -0.1) is 12.4 Å². The Morgan fingerprint density at radius 3 is 2.73 bits per heavy atom. The SMILES string of the molecule is CC1CCCCN1CC1CCCN(CC2(C)CCNC2)C1.Cl. The molecule has 0 saturated carbocycles. The molecular formula is C18H36ClN3. The van der Waals surface area contributed by atoms with Gasteiger partial charge in [0.15, 0.2) is 0 Å². The summed E-state index contributed by atoms with van der Waals surface area (Å²) in [6.07, 6.45) is 8.51. The maximum atomic E-state index is 3.55. The predicted octanol–water partition coefficient (Wildman–Crippen LogP) is 2.99. The van der Waals surface area contributed by atoms with Crippen LogP contribution in [-0.4, -0.2) is 61.7 Å². The zero-order chi connectivity index (χ0) is 14.7. The van der Waals surface area contributed by atoms with Crippen LogP contribution in [0.4, 0.5) is 0 Å². The summed E-state index contributed by atoms with van der Waals surface area (Å²) in [5, 5.41) is 3.55. The Labute approximate surface area is 143 Å². The molecule has 3 unspecified atom stereocenters. The third-order valence-corrected chi connectivity index (χ3v) is 6.10. The minimum absolute atomic E-state index is 0. The van der Waals surface area contributed by atoms with Crippen molar-refractivity contribution in [3.05, 3.63) is 0 Å². The van der Waals surface area contributed by atoms with Crippen LogP contribution < -0.4 is 5.32 Å². The fourth-order valence-corrected chi connectivity index (χ4v) is 4.75. The molecule has 3 atom stereocenters. The van der Waals surface area contributed by atoms with Crippen molar-refractivity contribution in [3.63, 3.8) is 0 Å².